The van der Waals surface area contributed by atoms with Crippen molar-refractivity contribution < 1.29 is 18.8 Å². The molecule has 0 aliphatic carbocycles. The Morgan fingerprint density at radius 2 is 1.97 bits per heavy atom. The van der Waals surface area contributed by atoms with Gasteiger partial charge in [0.25, 0.3) is 0 Å². The molecule has 12 heteroatoms. The highest BCUT2D eigenvalue weighted by Gasteiger charge is 2.57. The lowest BCUT2D eigenvalue weighted by Crippen LogP contribution is -2.67. The number of nitrogens with zero attached hydrogens (tertiary/aromatic N) is 2. The number of esters is 1. The van der Waals surface area contributed by atoms with Crippen molar-refractivity contribution in [2.75, 3.05) is 13.2 Å². The largest absolute Gasteiger partial charge is 0.461 e. The third-order valence-electron chi connectivity index (χ3n) is 6.30. The molecule has 2 unspecified atom stereocenters. The fraction of sp³-hybridized carbons (Fsp3) is 0.577. The molecule has 1 aliphatic rings. The molecular formula is C26H35Cl2N2O4S3Si. The van der Waals surface area contributed by atoms with E-state index in [0.29, 0.717) is 12.2 Å². The molecule has 3 rings (SSSR count). The Labute approximate surface area is 249 Å². The minimum atomic E-state index is -0.919. The van der Waals surface area contributed by atoms with Crippen molar-refractivity contribution >= 4 is 87.3 Å². The van der Waals surface area contributed by atoms with Crippen LogP contribution in [0.2, 0.25) is 13.1 Å². The zero-order chi connectivity index (χ0) is 28.2. The van der Waals surface area contributed by atoms with Gasteiger partial charge in [0.15, 0.2) is 10.4 Å². The number of hydrogen-bond donors (Lipinski definition) is 0. The fourth-order valence-electron chi connectivity index (χ4n) is 4.56. The number of rotatable bonds is 13. The number of benzene rings is 1. The number of ether oxygens (including phenoxy) is 1. The summed E-state index contributed by atoms with van der Waals surface area (Å²) in [6.07, 6.45) is 0.759. The maximum atomic E-state index is 13.9. The molecule has 0 bridgehead atoms. The zero-order valence-electron chi connectivity index (χ0n) is 22.5. The normalized spacial score (nSPS) is 19.6. The molecule has 1 aromatic carbocycles. The molecule has 4 atom stereocenters. The lowest BCUT2D eigenvalue weighted by atomic mass is 9.68. The number of carbonyl (C=O) groups is 2. The molecule has 1 aliphatic heterocycles. The van der Waals surface area contributed by atoms with Crippen molar-refractivity contribution in [1.82, 2.24) is 9.88 Å². The van der Waals surface area contributed by atoms with Crippen LogP contribution in [0, 0.1) is 17.3 Å². The first kappa shape index (κ1) is 31.8. The molecule has 1 aromatic heterocycles. The van der Waals surface area contributed by atoms with Crippen molar-refractivity contribution in [3.05, 3.63) is 36.4 Å². The summed E-state index contributed by atoms with van der Waals surface area (Å²) in [6, 6.07) is 7.08. The van der Waals surface area contributed by atoms with Crippen LogP contribution in [0.25, 0.3) is 10.2 Å². The summed E-state index contributed by atoms with van der Waals surface area (Å²) in [5.41, 5.74) is 1.32. The molecule has 38 heavy (non-hydrogen) atoms. The van der Waals surface area contributed by atoms with Crippen LogP contribution in [0.15, 0.2) is 40.8 Å². The number of β-lactam (4-membered cyclic amide) rings is 1. The van der Waals surface area contributed by atoms with E-state index in [-0.39, 0.29) is 35.1 Å². The van der Waals surface area contributed by atoms with E-state index in [4.69, 9.17) is 37.3 Å². The van der Waals surface area contributed by atoms with E-state index >= 15 is 0 Å². The van der Waals surface area contributed by atoms with E-state index in [0.717, 1.165) is 21.0 Å². The van der Waals surface area contributed by atoms with E-state index in [1.54, 1.807) is 34.0 Å². The van der Waals surface area contributed by atoms with Crippen LogP contribution in [0.1, 0.15) is 34.1 Å². The van der Waals surface area contributed by atoms with Crippen LogP contribution >= 0.6 is 56.1 Å². The Balaban J connectivity index is 1.90. The van der Waals surface area contributed by atoms with Crippen LogP contribution < -0.4 is 0 Å². The predicted molar refractivity (Wildman–Crippen MR) is 163 cm³/mol. The van der Waals surface area contributed by atoms with Gasteiger partial charge in [0.1, 0.15) is 16.8 Å². The van der Waals surface area contributed by atoms with Crippen molar-refractivity contribution in [2.24, 2.45) is 17.3 Å². The average molecular weight is 635 g/mol. The first-order chi connectivity index (χ1) is 17.8. The monoisotopic (exact) mass is 633 g/mol. The van der Waals surface area contributed by atoms with Crippen molar-refractivity contribution in [2.45, 2.75) is 67.8 Å². The summed E-state index contributed by atoms with van der Waals surface area (Å²) in [7, 11) is 2.25. The standard InChI is InChI=1S/C26H35Cl2N2O4S3Si/c1-15(2)21(24(32)33-14-19(27)28)30-22(31)20(16(26(3,4)5)12-13-34-38(6)7)23(30)36-37-25-29-17-10-8-9-11-18(17)35-25/h8-11,16,19-21,23H,1,12-14H2,2-7H3/t16?,20-,21?,23-/m1/s1. The molecule has 1 radical (unpaired) electrons. The summed E-state index contributed by atoms with van der Waals surface area (Å²) >= 11 is 13.2. The van der Waals surface area contributed by atoms with Crippen LogP contribution in [-0.2, 0) is 18.8 Å². The molecule has 0 saturated carbocycles. The molecule has 1 saturated heterocycles. The number of fused-ring (bicyclic) bond motifs is 1. The molecule has 6 nitrogen and oxygen atoms in total. The van der Waals surface area contributed by atoms with E-state index < -0.39 is 25.9 Å². The summed E-state index contributed by atoms with van der Waals surface area (Å²) < 4.78 is 13.3. The highest BCUT2D eigenvalue weighted by atomic mass is 35.5. The fourth-order valence-corrected chi connectivity index (χ4v) is 9.32. The lowest BCUT2D eigenvalue weighted by Gasteiger charge is -2.54. The van der Waals surface area contributed by atoms with E-state index in [9.17, 15) is 9.59 Å². The minimum absolute atomic E-state index is 0.0536. The third kappa shape index (κ3) is 7.92. The zero-order valence-corrected chi connectivity index (χ0v) is 27.5. The Kier molecular flexibility index (Phi) is 11.5. The first-order valence-electron chi connectivity index (χ1n) is 12.4. The number of amides is 1. The highest BCUT2D eigenvalue weighted by Crippen LogP contribution is 2.53. The molecule has 1 fully saturated rings. The number of thiazole rings is 1. The molecule has 2 heterocycles. The smallest absolute Gasteiger partial charge is 0.333 e. The maximum absolute atomic E-state index is 13.9. The second-order valence-electron chi connectivity index (χ2n) is 10.6. The summed E-state index contributed by atoms with van der Waals surface area (Å²) in [4.78, 5) is 32.5. The summed E-state index contributed by atoms with van der Waals surface area (Å²) in [6.45, 7) is 16.9. The number of carbonyl (C=O) groups excluding carboxylic acids is 2. The lowest BCUT2D eigenvalue weighted by molar-refractivity contribution is -0.170. The van der Waals surface area contributed by atoms with Crippen molar-refractivity contribution in [1.29, 1.82) is 0 Å². The summed E-state index contributed by atoms with van der Waals surface area (Å²) in [5.74, 6) is -0.897. The number of hydrogen-bond acceptors (Lipinski definition) is 8. The van der Waals surface area contributed by atoms with Crippen LogP contribution in [0.5, 0.6) is 0 Å². The number of para-hydroxylation sites is 1. The van der Waals surface area contributed by atoms with E-state index in [1.807, 2.05) is 24.3 Å². The van der Waals surface area contributed by atoms with Gasteiger partial charge in [-0.25, -0.2) is 9.78 Å². The number of halogens is 2. The SMILES string of the molecule is C=C(C)C(C(=O)OCC(Cl)Cl)N1C(=O)[C@@H](C(CCO[Si](C)C)C(C)(C)C)[C@H]1SSc1nc2ccccc2s1. The molecule has 2 aromatic rings. The number of likely N-dealkylation sites (tertiary alicyclic amines) is 1. The molecule has 1 amide bonds. The third-order valence-corrected chi connectivity index (χ3v) is 11.4. The number of alkyl halides is 2. The number of aromatic nitrogens is 1. The maximum Gasteiger partial charge on any atom is 0.333 e. The molecule has 209 valence electrons. The van der Waals surface area contributed by atoms with Crippen molar-refractivity contribution in [3.63, 3.8) is 0 Å². The molecule has 0 N–H and O–H groups in total. The van der Waals surface area contributed by atoms with Gasteiger partial charge in [0, 0.05) is 6.61 Å². The Morgan fingerprint density at radius 3 is 2.55 bits per heavy atom. The minimum Gasteiger partial charge on any atom is -0.461 e. The van der Waals surface area contributed by atoms with Gasteiger partial charge in [-0.2, -0.15) is 0 Å². The second kappa shape index (κ2) is 13.7. The average Bonchev–Trinajstić information content (AvgIpc) is 3.24. The Bertz CT molecular complexity index is 1110. The Morgan fingerprint density at radius 1 is 1.29 bits per heavy atom. The summed E-state index contributed by atoms with van der Waals surface area (Å²) in [5, 5.41) is -0.284. The van der Waals surface area contributed by atoms with Gasteiger partial charge < -0.3 is 14.1 Å². The highest BCUT2D eigenvalue weighted by molar-refractivity contribution is 8.77. The van der Waals surface area contributed by atoms with E-state index in [1.165, 1.54) is 10.8 Å². The van der Waals surface area contributed by atoms with Crippen molar-refractivity contribution in [3.8, 4) is 0 Å². The van der Waals surface area contributed by atoms with Gasteiger partial charge in [-0.1, -0.05) is 50.3 Å². The predicted octanol–water partition coefficient (Wildman–Crippen LogP) is 7.43. The second-order valence-corrected chi connectivity index (χ2v) is 17.6. The van der Waals surface area contributed by atoms with Crippen LogP contribution in [0.3, 0.4) is 0 Å². The van der Waals surface area contributed by atoms with Gasteiger partial charge >= 0.3 is 5.97 Å². The Hall–Kier alpha value is -0.753. The van der Waals surface area contributed by atoms with Gasteiger partial charge in [-0.15, -0.1) is 34.5 Å². The molecule has 0 spiro atoms. The van der Waals surface area contributed by atoms with Gasteiger partial charge in [-0.05, 0) is 66.3 Å². The van der Waals surface area contributed by atoms with E-state index in [2.05, 4.69) is 40.4 Å². The van der Waals surface area contributed by atoms with Crippen LogP contribution in [0.4, 0.5) is 0 Å². The first-order valence-corrected chi connectivity index (χ1v) is 18.7. The van der Waals surface area contributed by atoms with Gasteiger partial charge in [-0.3, -0.25) is 4.79 Å². The topological polar surface area (TPSA) is 68.7 Å². The van der Waals surface area contributed by atoms with Gasteiger partial charge in [0.2, 0.25) is 14.9 Å². The quantitative estimate of drug-likeness (QED) is 0.0567. The molecular weight excluding hydrogens is 599 g/mol. The van der Waals surface area contributed by atoms with Gasteiger partial charge in [0.05, 0.1) is 16.1 Å². The van der Waals surface area contributed by atoms with Crippen LogP contribution in [-0.4, -0.2) is 60.3 Å².